The summed E-state index contributed by atoms with van der Waals surface area (Å²) in [6.07, 6.45) is 1.51. The van der Waals surface area contributed by atoms with Crippen LogP contribution < -0.4 is 5.73 Å². The summed E-state index contributed by atoms with van der Waals surface area (Å²) in [6.45, 7) is 0. The summed E-state index contributed by atoms with van der Waals surface area (Å²) in [4.78, 5) is 14.1. The molecule has 0 fully saturated rings. The number of benzene rings is 1. The summed E-state index contributed by atoms with van der Waals surface area (Å²) in [7, 11) is 0. The van der Waals surface area contributed by atoms with Gasteiger partial charge in [0.25, 0.3) is 5.69 Å². The average Bonchev–Trinajstić information content (AvgIpc) is 2.23. The van der Waals surface area contributed by atoms with Crippen molar-refractivity contribution in [2.45, 2.75) is 0 Å². The van der Waals surface area contributed by atoms with E-state index in [4.69, 9.17) is 17.3 Å². The lowest BCUT2D eigenvalue weighted by Crippen LogP contribution is -1.98. The van der Waals surface area contributed by atoms with Crippen LogP contribution in [0.25, 0.3) is 10.9 Å². The van der Waals surface area contributed by atoms with Crippen molar-refractivity contribution in [2.75, 3.05) is 5.73 Å². The predicted molar refractivity (Wildman–Crippen MR) is 57.8 cm³/mol. The first-order valence-electron chi connectivity index (χ1n) is 4.08. The molecule has 1 aromatic heterocycles. The standard InChI is InChI=1S/C9H6ClN3O2/c10-6-4-7(13(14)15)8(11)9-5(6)2-1-3-12-9/h1-4H,11H2. The van der Waals surface area contributed by atoms with Gasteiger partial charge in [-0.3, -0.25) is 15.1 Å². The maximum absolute atomic E-state index is 10.7. The Kier molecular flexibility index (Phi) is 2.17. The number of fused-ring (bicyclic) bond motifs is 1. The Bertz CT molecular complexity index is 556. The minimum Gasteiger partial charge on any atom is -0.391 e. The van der Waals surface area contributed by atoms with Crippen LogP contribution in [0.3, 0.4) is 0 Å². The van der Waals surface area contributed by atoms with Gasteiger partial charge in [-0.05, 0) is 12.1 Å². The fourth-order valence-electron chi connectivity index (χ4n) is 1.36. The van der Waals surface area contributed by atoms with Gasteiger partial charge in [-0.15, -0.1) is 0 Å². The molecule has 0 saturated carbocycles. The minimum absolute atomic E-state index is 0.0417. The van der Waals surface area contributed by atoms with Gasteiger partial charge in [0, 0.05) is 17.6 Å². The Morgan fingerprint density at radius 3 is 2.93 bits per heavy atom. The van der Waals surface area contributed by atoms with E-state index >= 15 is 0 Å². The van der Waals surface area contributed by atoms with Crippen molar-refractivity contribution < 1.29 is 4.92 Å². The molecule has 0 bridgehead atoms. The van der Waals surface area contributed by atoms with E-state index in [1.54, 1.807) is 12.1 Å². The Balaban J connectivity index is 2.90. The largest absolute Gasteiger partial charge is 0.391 e. The normalized spacial score (nSPS) is 10.5. The molecule has 1 aromatic carbocycles. The van der Waals surface area contributed by atoms with Crippen LogP contribution in [0.2, 0.25) is 5.02 Å². The molecule has 1 heterocycles. The van der Waals surface area contributed by atoms with Crippen molar-refractivity contribution in [1.29, 1.82) is 0 Å². The second-order valence-electron chi connectivity index (χ2n) is 2.95. The predicted octanol–water partition coefficient (Wildman–Crippen LogP) is 2.38. The summed E-state index contributed by atoms with van der Waals surface area (Å²) in [5.41, 5.74) is 5.81. The molecular weight excluding hydrogens is 218 g/mol. The number of nitrogen functional groups attached to an aromatic ring is 1. The van der Waals surface area contributed by atoms with E-state index in [1.165, 1.54) is 12.3 Å². The molecule has 5 nitrogen and oxygen atoms in total. The highest BCUT2D eigenvalue weighted by atomic mass is 35.5. The van der Waals surface area contributed by atoms with Crippen LogP contribution in [0.15, 0.2) is 24.4 Å². The molecule has 2 N–H and O–H groups in total. The van der Waals surface area contributed by atoms with Crippen LogP contribution in [0.1, 0.15) is 0 Å². The number of hydrogen-bond donors (Lipinski definition) is 1. The van der Waals surface area contributed by atoms with Gasteiger partial charge in [0.2, 0.25) is 0 Å². The van der Waals surface area contributed by atoms with Crippen molar-refractivity contribution in [2.24, 2.45) is 0 Å². The van der Waals surface area contributed by atoms with Crippen LogP contribution in [-0.4, -0.2) is 9.91 Å². The van der Waals surface area contributed by atoms with Crippen LogP contribution in [-0.2, 0) is 0 Å². The van der Waals surface area contributed by atoms with Gasteiger partial charge in [-0.1, -0.05) is 11.6 Å². The molecule has 15 heavy (non-hydrogen) atoms. The van der Waals surface area contributed by atoms with E-state index in [2.05, 4.69) is 4.98 Å². The molecule has 0 unspecified atom stereocenters. The molecule has 0 atom stereocenters. The SMILES string of the molecule is Nc1c([N+](=O)[O-])cc(Cl)c2cccnc12. The number of nitrogens with zero attached hydrogens (tertiary/aromatic N) is 2. The molecule has 0 saturated heterocycles. The molecule has 0 amide bonds. The van der Waals surface area contributed by atoms with Gasteiger partial charge in [0.1, 0.15) is 11.2 Å². The number of nitro groups is 1. The summed E-state index contributed by atoms with van der Waals surface area (Å²) < 4.78 is 0. The number of nitro benzene ring substituents is 1. The van der Waals surface area contributed by atoms with Crippen molar-refractivity contribution in [3.8, 4) is 0 Å². The van der Waals surface area contributed by atoms with E-state index in [0.717, 1.165) is 0 Å². The number of hydrogen-bond acceptors (Lipinski definition) is 4. The second kappa shape index (κ2) is 3.36. The Morgan fingerprint density at radius 2 is 2.27 bits per heavy atom. The summed E-state index contributed by atoms with van der Waals surface area (Å²) in [5, 5.41) is 11.5. The van der Waals surface area contributed by atoms with Gasteiger partial charge in [0.15, 0.2) is 0 Å². The monoisotopic (exact) mass is 223 g/mol. The molecule has 0 radical (unpaired) electrons. The fourth-order valence-corrected chi connectivity index (χ4v) is 1.62. The van der Waals surface area contributed by atoms with E-state index in [0.29, 0.717) is 10.9 Å². The Hall–Kier alpha value is -1.88. The van der Waals surface area contributed by atoms with Gasteiger partial charge in [-0.2, -0.15) is 0 Å². The summed E-state index contributed by atoms with van der Waals surface area (Å²) >= 11 is 5.88. The van der Waals surface area contributed by atoms with E-state index in [-0.39, 0.29) is 16.4 Å². The van der Waals surface area contributed by atoms with Crippen LogP contribution >= 0.6 is 11.6 Å². The molecule has 2 aromatic rings. The maximum atomic E-state index is 10.7. The van der Waals surface area contributed by atoms with Gasteiger partial charge in [0.05, 0.1) is 9.95 Å². The van der Waals surface area contributed by atoms with Gasteiger partial charge in [-0.25, -0.2) is 0 Å². The highest BCUT2D eigenvalue weighted by Crippen LogP contribution is 2.34. The fraction of sp³-hybridized carbons (Fsp3) is 0. The van der Waals surface area contributed by atoms with E-state index < -0.39 is 4.92 Å². The van der Waals surface area contributed by atoms with Crippen LogP contribution in [0.4, 0.5) is 11.4 Å². The maximum Gasteiger partial charge on any atom is 0.295 e. The number of rotatable bonds is 1. The minimum atomic E-state index is -0.574. The van der Waals surface area contributed by atoms with Crippen molar-refractivity contribution in [3.63, 3.8) is 0 Å². The van der Waals surface area contributed by atoms with Gasteiger partial charge >= 0.3 is 0 Å². The summed E-state index contributed by atoms with van der Waals surface area (Å²) in [6, 6.07) is 4.64. The molecule has 0 aliphatic rings. The molecule has 0 aliphatic carbocycles. The topological polar surface area (TPSA) is 82.0 Å². The highest BCUT2D eigenvalue weighted by molar-refractivity contribution is 6.36. The number of halogens is 1. The van der Waals surface area contributed by atoms with E-state index in [9.17, 15) is 10.1 Å². The van der Waals surface area contributed by atoms with Crippen LogP contribution in [0.5, 0.6) is 0 Å². The Labute approximate surface area is 89.6 Å². The average molecular weight is 224 g/mol. The quantitative estimate of drug-likeness (QED) is 0.457. The lowest BCUT2D eigenvalue weighted by Gasteiger charge is -2.03. The van der Waals surface area contributed by atoms with Crippen molar-refractivity contribution in [3.05, 3.63) is 39.5 Å². The second-order valence-corrected chi connectivity index (χ2v) is 3.36. The third kappa shape index (κ3) is 1.46. The number of anilines is 1. The van der Waals surface area contributed by atoms with Crippen molar-refractivity contribution >= 4 is 33.9 Å². The van der Waals surface area contributed by atoms with Gasteiger partial charge < -0.3 is 5.73 Å². The number of pyridine rings is 1. The number of nitrogens with two attached hydrogens (primary N) is 1. The zero-order valence-corrected chi connectivity index (χ0v) is 8.23. The number of aromatic nitrogens is 1. The molecule has 0 spiro atoms. The van der Waals surface area contributed by atoms with Crippen LogP contribution in [0, 0.1) is 10.1 Å². The van der Waals surface area contributed by atoms with Crippen molar-refractivity contribution in [1.82, 2.24) is 4.98 Å². The first kappa shape index (κ1) is 9.67. The summed E-state index contributed by atoms with van der Waals surface area (Å²) in [5.74, 6) is 0. The Morgan fingerprint density at radius 1 is 1.53 bits per heavy atom. The van der Waals surface area contributed by atoms with E-state index in [1.807, 2.05) is 0 Å². The zero-order chi connectivity index (χ0) is 11.0. The molecule has 0 aliphatic heterocycles. The third-order valence-electron chi connectivity index (χ3n) is 2.06. The lowest BCUT2D eigenvalue weighted by atomic mass is 10.1. The zero-order valence-electron chi connectivity index (χ0n) is 7.48. The first-order valence-corrected chi connectivity index (χ1v) is 4.46. The highest BCUT2D eigenvalue weighted by Gasteiger charge is 2.17. The molecular formula is C9H6ClN3O2. The molecule has 2 rings (SSSR count). The first-order chi connectivity index (χ1) is 7.11. The third-order valence-corrected chi connectivity index (χ3v) is 2.37. The molecule has 76 valence electrons. The molecule has 6 heteroatoms. The lowest BCUT2D eigenvalue weighted by molar-refractivity contribution is -0.383. The smallest absolute Gasteiger partial charge is 0.295 e.